The highest BCUT2D eigenvalue weighted by Gasteiger charge is 2.08. The second kappa shape index (κ2) is 6.53. The first-order valence-corrected chi connectivity index (χ1v) is 6.72. The first-order valence-electron chi connectivity index (χ1n) is 6.35. The highest BCUT2D eigenvalue weighted by atomic mass is 35.5. The first kappa shape index (κ1) is 14.5. The maximum absolute atomic E-state index is 5.98. The lowest BCUT2D eigenvalue weighted by atomic mass is 10.1. The molecule has 0 aliphatic heterocycles. The molecule has 0 radical (unpaired) electrons. The van der Waals surface area contributed by atoms with E-state index in [4.69, 9.17) is 21.1 Å². The van der Waals surface area contributed by atoms with Gasteiger partial charge in [0.05, 0.1) is 14.2 Å². The van der Waals surface area contributed by atoms with Crippen molar-refractivity contribution in [2.24, 2.45) is 0 Å². The lowest BCUT2D eigenvalue weighted by Gasteiger charge is -2.14. The molecule has 1 N–H and O–H groups in total. The number of hydrogen-bond donors (Lipinski definition) is 1. The molecule has 0 amide bonds. The first-order chi connectivity index (χ1) is 9.63. The Morgan fingerprint density at radius 1 is 1.05 bits per heavy atom. The summed E-state index contributed by atoms with van der Waals surface area (Å²) < 4.78 is 10.6. The van der Waals surface area contributed by atoms with Crippen molar-refractivity contribution in [2.45, 2.75) is 13.5 Å². The minimum absolute atomic E-state index is 0.705. The molecule has 2 aromatic carbocycles. The fraction of sp³-hybridized carbons (Fsp3) is 0.250. The third kappa shape index (κ3) is 3.36. The molecule has 0 aromatic heterocycles. The number of anilines is 1. The van der Waals surface area contributed by atoms with Gasteiger partial charge in [0.1, 0.15) is 0 Å². The van der Waals surface area contributed by atoms with Crippen LogP contribution in [0.1, 0.15) is 11.1 Å². The summed E-state index contributed by atoms with van der Waals surface area (Å²) in [5, 5.41) is 4.13. The van der Waals surface area contributed by atoms with Crippen molar-refractivity contribution in [3.8, 4) is 11.5 Å². The van der Waals surface area contributed by atoms with E-state index in [0.29, 0.717) is 12.3 Å². The highest BCUT2D eigenvalue weighted by Crippen LogP contribution is 2.33. The van der Waals surface area contributed by atoms with Crippen LogP contribution in [0.25, 0.3) is 0 Å². The predicted molar refractivity (Wildman–Crippen MR) is 83.1 cm³/mol. The van der Waals surface area contributed by atoms with Gasteiger partial charge in [-0.2, -0.15) is 0 Å². The van der Waals surface area contributed by atoms with Crippen LogP contribution in [0.2, 0.25) is 5.02 Å². The quantitative estimate of drug-likeness (QED) is 0.892. The van der Waals surface area contributed by atoms with E-state index in [-0.39, 0.29) is 0 Å². The van der Waals surface area contributed by atoms with Crippen molar-refractivity contribution >= 4 is 17.3 Å². The number of nitrogens with one attached hydrogen (secondary N) is 1. The number of benzene rings is 2. The Bertz CT molecular complexity index is 599. The Balaban J connectivity index is 2.17. The van der Waals surface area contributed by atoms with Crippen LogP contribution >= 0.6 is 11.6 Å². The smallest absolute Gasteiger partial charge is 0.162 e. The summed E-state index contributed by atoms with van der Waals surface area (Å²) in [5.74, 6) is 1.45. The summed E-state index contributed by atoms with van der Waals surface area (Å²) in [6.07, 6.45) is 0. The van der Waals surface area contributed by atoms with E-state index in [2.05, 4.69) is 5.32 Å². The Kier molecular flexibility index (Phi) is 4.74. The van der Waals surface area contributed by atoms with Crippen molar-refractivity contribution in [3.63, 3.8) is 0 Å². The van der Waals surface area contributed by atoms with Gasteiger partial charge in [0.2, 0.25) is 0 Å². The normalized spacial score (nSPS) is 10.2. The van der Waals surface area contributed by atoms with Gasteiger partial charge in [0.15, 0.2) is 11.5 Å². The summed E-state index contributed by atoms with van der Waals surface area (Å²) in [6, 6.07) is 11.7. The minimum Gasteiger partial charge on any atom is -0.493 e. The molecule has 0 bridgehead atoms. The zero-order chi connectivity index (χ0) is 14.5. The number of methoxy groups -OCH3 is 2. The fourth-order valence-corrected chi connectivity index (χ4v) is 2.23. The molecule has 0 saturated carbocycles. The van der Waals surface area contributed by atoms with Crippen molar-refractivity contribution in [2.75, 3.05) is 19.5 Å². The van der Waals surface area contributed by atoms with Crippen LogP contribution < -0.4 is 14.8 Å². The zero-order valence-electron chi connectivity index (χ0n) is 11.9. The molecular formula is C16H18ClNO2. The van der Waals surface area contributed by atoms with Crippen LogP contribution in [-0.4, -0.2) is 14.2 Å². The van der Waals surface area contributed by atoms with Gasteiger partial charge in [-0.1, -0.05) is 23.7 Å². The average molecular weight is 292 g/mol. The Labute approximate surface area is 124 Å². The van der Waals surface area contributed by atoms with Gasteiger partial charge >= 0.3 is 0 Å². The van der Waals surface area contributed by atoms with E-state index >= 15 is 0 Å². The van der Waals surface area contributed by atoms with Gasteiger partial charge in [0, 0.05) is 23.3 Å². The third-order valence-corrected chi connectivity index (χ3v) is 3.34. The maximum atomic E-state index is 5.98. The van der Waals surface area contributed by atoms with Gasteiger partial charge in [-0.05, 0) is 36.2 Å². The Morgan fingerprint density at radius 2 is 1.75 bits per heavy atom. The number of hydrogen-bond acceptors (Lipinski definition) is 3. The van der Waals surface area contributed by atoms with Crippen LogP contribution in [-0.2, 0) is 6.54 Å². The summed E-state index contributed by atoms with van der Waals surface area (Å²) in [6.45, 7) is 2.74. The fourth-order valence-electron chi connectivity index (χ4n) is 2.02. The van der Waals surface area contributed by atoms with E-state index in [1.807, 2.05) is 43.3 Å². The van der Waals surface area contributed by atoms with E-state index < -0.39 is 0 Å². The molecule has 3 nitrogen and oxygen atoms in total. The predicted octanol–water partition coefficient (Wildman–Crippen LogP) is 4.28. The molecule has 4 heteroatoms. The number of ether oxygens (including phenoxy) is 2. The van der Waals surface area contributed by atoms with Crippen LogP contribution in [0.5, 0.6) is 11.5 Å². The minimum atomic E-state index is 0.705. The van der Waals surface area contributed by atoms with E-state index in [9.17, 15) is 0 Å². The van der Waals surface area contributed by atoms with Gasteiger partial charge in [0.25, 0.3) is 0 Å². The van der Waals surface area contributed by atoms with Crippen LogP contribution in [0.3, 0.4) is 0 Å². The molecule has 0 heterocycles. The van der Waals surface area contributed by atoms with E-state index in [1.54, 1.807) is 14.2 Å². The van der Waals surface area contributed by atoms with Gasteiger partial charge in [-0.15, -0.1) is 0 Å². The van der Waals surface area contributed by atoms with E-state index in [1.165, 1.54) is 0 Å². The molecule has 2 rings (SSSR count). The third-order valence-electron chi connectivity index (χ3n) is 3.10. The number of aryl methyl sites for hydroxylation is 1. The number of halogens is 1. The molecule has 20 heavy (non-hydrogen) atoms. The number of rotatable bonds is 5. The molecule has 2 aromatic rings. The lowest BCUT2D eigenvalue weighted by Crippen LogP contribution is -2.02. The van der Waals surface area contributed by atoms with Crippen molar-refractivity contribution in [3.05, 3.63) is 52.5 Å². The van der Waals surface area contributed by atoms with Crippen molar-refractivity contribution in [1.82, 2.24) is 0 Å². The standard InChI is InChI=1S/C16H18ClNO2/c1-11-7-15(19-2)16(20-3)9-14(11)18-10-12-5-4-6-13(17)8-12/h4-9,18H,10H2,1-3H3. The second-order valence-corrected chi connectivity index (χ2v) is 4.94. The summed E-state index contributed by atoms with van der Waals surface area (Å²) >= 11 is 5.98. The molecule has 0 atom stereocenters. The molecule has 0 aliphatic rings. The van der Waals surface area contributed by atoms with Gasteiger partial charge in [-0.25, -0.2) is 0 Å². The molecule has 106 valence electrons. The van der Waals surface area contributed by atoms with Crippen LogP contribution in [0, 0.1) is 6.92 Å². The second-order valence-electron chi connectivity index (χ2n) is 4.51. The molecule has 0 spiro atoms. The SMILES string of the molecule is COc1cc(C)c(NCc2cccc(Cl)c2)cc1OC. The largest absolute Gasteiger partial charge is 0.493 e. The summed E-state index contributed by atoms with van der Waals surface area (Å²) in [4.78, 5) is 0. The average Bonchev–Trinajstić information content (AvgIpc) is 2.45. The van der Waals surface area contributed by atoms with Crippen molar-refractivity contribution < 1.29 is 9.47 Å². The maximum Gasteiger partial charge on any atom is 0.162 e. The van der Waals surface area contributed by atoms with Crippen molar-refractivity contribution in [1.29, 1.82) is 0 Å². The van der Waals surface area contributed by atoms with Crippen LogP contribution in [0.15, 0.2) is 36.4 Å². The zero-order valence-corrected chi connectivity index (χ0v) is 12.6. The summed E-state index contributed by atoms with van der Waals surface area (Å²) in [5.41, 5.74) is 3.25. The van der Waals surface area contributed by atoms with Gasteiger partial charge in [-0.3, -0.25) is 0 Å². The Morgan fingerprint density at radius 3 is 2.40 bits per heavy atom. The van der Waals surface area contributed by atoms with E-state index in [0.717, 1.165) is 27.6 Å². The summed E-state index contributed by atoms with van der Waals surface area (Å²) in [7, 11) is 3.27. The molecule has 0 aliphatic carbocycles. The van der Waals surface area contributed by atoms with Crippen LogP contribution in [0.4, 0.5) is 5.69 Å². The van der Waals surface area contributed by atoms with Gasteiger partial charge < -0.3 is 14.8 Å². The Hall–Kier alpha value is -1.87. The topological polar surface area (TPSA) is 30.5 Å². The molecule has 0 saturated heterocycles. The monoisotopic (exact) mass is 291 g/mol. The molecule has 0 fully saturated rings. The molecule has 0 unspecified atom stereocenters. The molecular weight excluding hydrogens is 274 g/mol. The lowest BCUT2D eigenvalue weighted by molar-refractivity contribution is 0.355. The highest BCUT2D eigenvalue weighted by molar-refractivity contribution is 6.30.